The summed E-state index contributed by atoms with van der Waals surface area (Å²) in [5.74, 6) is 0. The number of benzene rings is 1. The maximum Gasteiger partial charge on any atom is 0.0640 e. The molecule has 0 saturated heterocycles. The monoisotopic (exact) mass is 242 g/mol. The summed E-state index contributed by atoms with van der Waals surface area (Å²) in [7, 11) is 0. The van der Waals surface area contributed by atoms with Crippen LogP contribution in [0.3, 0.4) is 0 Å². The molecule has 0 aliphatic carbocycles. The molecule has 0 aliphatic rings. The lowest BCUT2D eigenvalue weighted by molar-refractivity contribution is 0.800. The molecule has 0 fully saturated rings. The molecule has 0 amide bonds. The standard InChI is InChI=1S/C14H14N2S/c15-8-4-9-16(11-13-7-10-17-12-13)14-5-2-1-3-6-14/h1-3,5-7,10,12H,4,9,11H2. The number of para-hydroxylation sites is 1. The van der Waals surface area contributed by atoms with Crippen LogP contribution in [0, 0.1) is 11.3 Å². The number of nitriles is 1. The van der Waals surface area contributed by atoms with Crippen LogP contribution in [0.5, 0.6) is 0 Å². The van der Waals surface area contributed by atoms with E-state index in [2.05, 4.69) is 39.9 Å². The zero-order chi connectivity index (χ0) is 11.9. The second-order valence-corrected chi connectivity index (χ2v) is 4.58. The van der Waals surface area contributed by atoms with Crippen molar-refractivity contribution in [2.24, 2.45) is 0 Å². The van der Waals surface area contributed by atoms with E-state index in [0.717, 1.165) is 13.1 Å². The van der Waals surface area contributed by atoms with E-state index in [-0.39, 0.29) is 0 Å². The highest BCUT2D eigenvalue weighted by Crippen LogP contribution is 2.18. The van der Waals surface area contributed by atoms with Gasteiger partial charge in [0.1, 0.15) is 0 Å². The first-order valence-corrected chi connectivity index (χ1v) is 6.52. The van der Waals surface area contributed by atoms with Gasteiger partial charge in [-0.25, -0.2) is 0 Å². The Morgan fingerprint density at radius 2 is 2.00 bits per heavy atom. The lowest BCUT2D eigenvalue weighted by atomic mass is 10.2. The molecule has 0 N–H and O–H groups in total. The largest absolute Gasteiger partial charge is 0.366 e. The number of rotatable bonds is 5. The number of thiophene rings is 1. The van der Waals surface area contributed by atoms with Crippen molar-refractivity contribution in [1.29, 1.82) is 5.26 Å². The lowest BCUT2D eigenvalue weighted by Gasteiger charge is -2.23. The van der Waals surface area contributed by atoms with E-state index in [9.17, 15) is 0 Å². The molecule has 17 heavy (non-hydrogen) atoms. The second kappa shape index (κ2) is 6.07. The lowest BCUT2D eigenvalue weighted by Crippen LogP contribution is -2.23. The topological polar surface area (TPSA) is 27.0 Å². The Balaban J connectivity index is 2.11. The highest BCUT2D eigenvalue weighted by atomic mass is 32.1. The van der Waals surface area contributed by atoms with Gasteiger partial charge in [0.15, 0.2) is 0 Å². The highest BCUT2D eigenvalue weighted by molar-refractivity contribution is 7.07. The molecule has 0 radical (unpaired) electrons. The van der Waals surface area contributed by atoms with Crippen LogP contribution < -0.4 is 4.90 Å². The van der Waals surface area contributed by atoms with Crippen molar-refractivity contribution in [2.75, 3.05) is 11.4 Å². The van der Waals surface area contributed by atoms with Crippen LogP contribution in [0.4, 0.5) is 5.69 Å². The van der Waals surface area contributed by atoms with Crippen molar-refractivity contribution >= 4 is 17.0 Å². The van der Waals surface area contributed by atoms with Gasteiger partial charge in [-0.3, -0.25) is 0 Å². The van der Waals surface area contributed by atoms with E-state index < -0.39 is 0 Å². The predicted octanol–water partition coefficient (Wildman–Crippen LogP) is 3.67. The normalized spacial score (nSPS) is 9.82. The molecule has 2 nitrogen and oxygen atoms in total. The van der Waals surface area contributed by atoms with E-state index in [1.165, 1.54) is 11.3 Å². The fourth-order valence-corrected chi connectivity index (χ4v) is 2.39. The van der Waals surface area contributed by atoms with Gasteiger partial charge in [-0.05, 0) is 34.5 Å². The van der Waals surface area contributed by atoms with Gasteiger partial charge in [-0.2, -0.15) is 16.6 Å². The van der Waals surface area contributed by atoms with Crippen LogP contribution in [-0.4, -0.2) is 6.54 Å². The maximum absolute atomic E-state index is 8.71. The van der Waals surface area contributed by atoms with Gasteiger partial charge in [0.2, 0.25) is 0 Å². The SMILES string of the molecule is N#CCCN(Cc1ccsc1)c1ccccc1. The third-order valence-corrected chi connectivity index (χ3v) is 3.30. The zero-order valence-electron chi connectivity index (χ0n) is 9.54. The van der Waals surface area contributed by atoms with Crippen LogP contribution in [0.25, 0.3) is 0 Å². The van der Waals surface area contributed by atoms with Gasteiger partial charge >= 0.3 is 0 Å². The van der Waals surface area contributed by atoms with Gasteiger partial charge in [-0.1, -0.05) is 18.2 Å². The number of hydrogen-bond acceptors (Lipinski definition) is 3. The summed E-state index contributed by atoms with van der Waals surface area (Å²) < 4.78 is 0. The first kappa shape index (κ1) is 11.7. The Morgan fingerprint density at radius 3 is 2.65 bits per heavy atom. The van der Waals surface area contributed by atoms with E-state index in [1.54, 1.807) is 11.3 Å². The first-order chi connectivity index (χ1) is 8.40. The number of anilines is 1. The van der Waals surface area contributed by atoms with Gasteiger partial charge in [-0.15, -0.1) is 0 Å². The van der Waals surface area contributed by atoms with Crippen molar-refractivity contribution in [2.45, 2.75) is 13.0 Å². The third kappa shape index (κ3) is 3.33. The summed E-state index contributed by atoms with van der Waals surface area (Å²) in [6.45, 7) is 1.64. The molecule has 1 aromatic heterocycles. The third-order valence-electron chi connectivity index (χ3n) is 2.57. The Kier molecular flexibility index (Phi) is 4.17. The highest BCUT2D eigenvalue weighted by Gasteiger charge is 2.06. The minimum absolute atomic E-state index is 0.555. The van der Waals surface area contributed by atoms with Gasteiger partial charge in [0.25, 0.3) is 0 Å². The average Bonchev–Trinajstić information content (AvgIpc) is 2.88. The molecule has 1 aromatic carbocycles. The van der Waals surface area contributed by atoms with E-state index in [4.69, 9.17) is 5.26 Å². The van der Waals surface area contributed by atoms with Crippen LogP contribution in [0.1, 0.15) is 12.0 Å². The second-order valence-electron chi connectivity index (χ2n) is 3.80. The number of nitrogens with zero attached hydrogens (tertiary/aromatic N) is 2. The Labute approximate surface area is 106 Å². The molecule has 0 aliphatic heterocycles. The van der Waals surface area contributed by atoms with Crippen LogP contribution >= 0.6 is 11.3 Å². The summed E-state index contributed by atoms with van der Waals surface area (Å²) in [5, 5.41) is 13.0. The van der Waals surface area contributed by atoms with Crippen molar-refractivity contribution in [1.82, 2.24) is 0 Å². The molecule has 0 spiro atoms. The van der Waals surface area contributed by atoms with E-state index in [0.29, 0.717) is 6.42 Å². The van der Waals surface area contributed by atoms with Gasteiger partial charge in [0, 0.05) is 18.8 Å². The molecule has 0 atom stereocenters. The van der Waals surface area contributed by atoms with E-state index >= 15 is 0 Å². The summed E-state index contributed by atoms with van der Waals surface area (Å²) in [6.07, 6.45) is 0.555. The maximum atomic E-state index is 8.71. The van der Waals surface area contributed by atoms with Crippen LogP contribution in [0.15, 0.2) is 47.2 Å². The number of hydrogen-bond donors (Lipinski definition) is 0. The Hall–Kier alpha value is -1.79. The molecule has 2 aromatic rings. The molecular formula is C14H14N2S. The molecule has 0 unspecified atom stereocenters. The molecule has 0 bridgehead atoms. The molecule has 2 rings (SSSR count). The smallest absolute Gasteiger partial charge is 0.0640 e. The molecule has 0 saturated carbocycles. The summed E-state index contributed by atoms with van der Waals surface area (Å²) in [6, 6.07) is 14.6. The van der Waals surface area contributed by atoms with Crippen LogP contribution in [-0.2, 0) is 6.54 Å². The van der Waals surface area contributed by atoms with Gasteiger partial charge in [0.05, 0.1) is 12.5 Å². The van der Waals surface area contributed by atoms with Crippen molar-refractivity contribution in [3.63, 3.8) is 0 Å². The quantitative estimate of drug-likeness (QED) is 0.800. The fraction of sp³-hybridized carbons (Fsp3) is 0.214. The molecule has 86 valence electrons. The Bertz CT molecular complexity index is 471. The van der Waals surface area contributed by atoms with Gasteiger partial charge < -0.3 is 4.90 Å². The minimum atomic E-state index is 0.555. The minimum Gasteiger partial charge on any atom is -0.366 e. The zero-order valence-corrected chi connectivity index (χ0v) is 10.4. The average molecular weight is 242 g/mol. The van der Waals surface area contributed by atoms with Crippen molar-refractivity contribution in [3.05, 3.63) is 52.7 Å². The predicted molar refractivity (Wildman–Crippen MR) is 72.0 cm³/mol. The molecule has 3 heteroatoms. The summed E-state index contributed by atoms with van der Waals surface area (Å²) >= 11 is 1.71. The molecule has 1 heterocycles. The summed E-state index contributed by atoms with van der Waals surface area (Å²) in [5.41, 5.74) is 2.48. The van der Waals surface area contributed by atoms with Crippen molar-refractivity contribution < 1.29 is 0 Å². The Morgan fingerprint density at radius 1 is 1.18 bits per heavy atom. The fourth-order valence-electron chi connectivity index (χ4n) is 1.73. The molecular weight excluding hydrogens is 228 g/mol. The van der Waals surface area contributed by atoms with Crippen molar-refractivity contribution in [3.8, 4) is 6.07 Å². The first-order valence-electron chi connectivity index (χ1n) is 5.58. The van der Waals surface area contributed by atoms with E-state index in [1.807, 2.05) is 18.2 Å². The van der Waals surface area contributed by atoms with Crippen LogP contribution in [0.2, 0.25) is 0 Å². The summed E-state index contributed by atoms with van der Waals surface area (Å²) in [4.78, 5) is 2.24.